The van der Waals surface area contributed by atoms with Crippen molar-refractivity contribution in [3.05, 3.63) is 63.9 Å². The van der Waals surface area contributed by atoms with Gasteiger partial charge >= 0.3 is 0 Å². The van der Waals surface area contributed by atoms with E-state index in [1.54, 1.807) is 12.1 Å². The topological polar surface area (TPSA) is 73.1 Å². The molecule has 0 amide bonds. The zero-order chi connectivity index (χ0) is 17.1. The third-order valence-corrected chi connectivity index (χ3v) is 4.25. The van der Waals surface area contributed by atoms with Gasteiger partial charge in [-0.05, 0) is 55.0 Å². The van der Waals surface area contributed by atoms with Crippen molar-refractivity contribution >= 4 is 44.7 Å². The molecule has 0 unspecified atom stereocenters. The molecule has 0 spiro atoms. The van der Waals surface area contributed by atoms with Gasteiger partial charge in [-0.1, -0.05) is 27.5 Å². The number of hydrogen-bond acceptors (Lipinski definition) is 5. The molecular formula is C17H14BrClN4O. The van der Waals surface area contributed by atoms with Gasteiger partial charge < -0.3 is 15.8 Å². The van der Waals surface area contributed by atoms with Crippen LogP contribution in [0.1, 0.15) is 5.56 Å². The first-order valence-corrected chi connectivity index (χ1v) is 8.27. The van der Waals surface area contributed by atoms with Crippen molar-refractivity contribution in [3.63, 3.8) is 0 Å². The van der Waals surface area contributed by atoms with E-state index in [-0.39, 0.29) is 5.88 Å². The van der Waals surface area contributed by atoms with Crippen molar-refractivity contribution in [1.29, 1.82) is 0 Å². The molecule has 122 valence electrons. The molecule has 1 heterocycles. The Labute approximate surface area is 153 Å². The lowest BCUT2D eigenvalue weighted by atomic mass is 10.2. The van der Waals surface area contributed by atoms with Crippen molar-refractivity contribution in [1.82, 2.24) is 9.97 Å². The largest absolute Gasteiger partial charge is 0.437 e. The van der Waals surface area contributed by atoms with Crippen LogP contribution in [0.3, 0.4) is 0 Å². The summed E-state index contributed by atoms with van der Waals surface area (Å²) < 4.78 is 6.75. The summed E-state index contributed by atoms with van der Waals surface area (Å²) in [5.41, 5.74) is 8.23. The Kier molecular flexibility index (Phi) is 4.87. The molecule has 3 N–H and O–H groups in total. The van der Waals surface area contributed by atoms with Crippen LogP contribution in [0.2, 0.25) is 5.02 Å². The number of nitrogens with two attached hydrogens (primary N) is 1. The number of benzene rings is 2. The Morgan fingerprint density at radius 3 is 2.58 bits per heavy atom. The summed E-state index contributed by atoms with van der Waals surface area (Å²) in [6.07, 6.45) is 1.40. The molecule has 0 saturated carbocycles. The highest BCUT2D eigenvalue weighted by molar-refractivity contribution is 9.10. The molecule has 0 radical (unpaired) electrons. The third-order valence-electron chi connectivity index (χ3n) is 3.30. The van der Waals surface area contributed by atoms with Crippen molar-refractivity contribution in [2.24, 2.45) is 0 Å². The van der Waals surface area contributed by atoms with Crippen molar-refractivity contribution in [3.8, 4) is 11.6 Å². The van der Waals surface area contributed by atoms with Crippen LogP contribution in [-0.2, 0) is 0 Å². The number of aryl methyl sites for hydroxylation is 1. The van der Waals surface area contributed by atoms with Gasteiger partial charge in [-0.25, -0.2) is 4.98 Å². The molecule has 2 aromatic carbocycles. The Balaban J connectivity index is 1.84. The number of nitrogens with zero attached hydrogens (tertiary/aromatic N) is 2. The molecule has 0 aliphatic rings. The third kappa shape index (κ3) is 3.77. The van der Waals surface area contributed by atoms with Crippen LogP contribution in [0.15, 0.2) is 53.3 Å². The summed E-state index contributed by atoms with van der Waals surface area (Å²) in [5, 5.41) is 3.82. The quantitative estimate of drug-likeness (QED) is 0.614. The van der Waals surface area contributed by atoms with Gasteiger partial charge in [0, 0.05) is 15.2 Å². The van der Waals surface area contributed by atoms with E-state index in [0.717, 1.165) is 15.7 Å². The van der Waals surface area contributed by atoms with Crippen LogP contribution in [0.4, 0.5) is 17.2 Å². The first-order chi connectivity index (χ1) is 11.5. The minimum absolute atomic E-state index is 0.284. The zero-order valence-electron chi connectivity index (χ0n) is 12.8. The summed E-state index contributed by atoms with van der Waals surface area (Å²) in [4.78, 5) is 8.27. The lowest BCUT2D eigenvalue weighted by Crippen LogP contribution is -2.03. The average molecular weight is 406 g/mol. The fourth-order valence-electron chi connectivity index (χ4n) is 2.02. The number of halogens is 2. The molecule has 5 nitrogen and oxygen atoms in total. The van der Waals surface area contributed by atoms with Crippen LogP contribution < -0.4 is 15.8 Å². The molecule has 0 aliphatic heterocycles. The maximum absolute atomic E-state index is 6.13. The van der Waals surface area contributed by atoms with Crippen LogP contribution in [0, 0.1) is 6.92 Å². The summed E-state index contributed by atoms with van der Waals surface area (Å²) in [5.74, 6) is 1.37. The van der Waals surface area contributed by atoms with E-state index < -0.39 is 0 Å². The van der Waals surface area contributed by atoms with E-state index in [9.17, 15) is 0 Å². The second kappa shape index (κ2) is 7.07. The number of anilines is 3. The predicted molar refractivity (Wildman–Crippen MR) is 100 cm³/mol. The summed E-state index contributed by atoms with van der Waals surface area (Å²) >= 11 is 9.42. The highest BCUT2D eigenvalue weighted by Crippen LogP contribution is 2.32. The second-order valence-corrected chi connectivity index (χ2v) is 6.41. The van der Waals surface area contributed by atoms with Crippen LogP contribution in [0.25, 0.3) is 0 Å². The minimum atomic E-state index is 0.284. The van der Waals surface area contributed by atoms with Gasteiger partial charge in [-0.3, -0.25) is 0 Å². The number of rotatable bonds is 4. The van der Waals surface area contributed by atoms with E-state index in [1.807, 2.05) is 37.3 Å². The number of hydrogen-bond donors (Lipinski definition) is 2. The number of nitrogens with one attached hydrogen (secondary N) is 1. The van der Waals surface area contributed by atoms with Gasteiger partial charge in [0.05, 0.1) is 0 Å². The molecule has 0 bridgehead atoms. The van der Waals surface area contributed by atoms with Crippen LogP contribution >= 0.6 is 27.5 Å². The normalized spacial score (nSPS) is 10.5. The second-order valence-electron chi connectivity index (χ2n) is 5.09. The van der Waals surface area contributed by atoms with Crippen LogP contribution in [-0.4, -0.2) is 9.97 Å². The molecule has 1 aromatic heterocycles. The predicted octanol–water partition coefficient (Wildman–Crippen LogP) is 5.32. The van der Waals surface area contributed by atoms with Crippen molar-refractivity contribution in [2.75, 3.05) is 11.1 Å². The molecule has 0 aliphatic carbocycles. The van der Waals surface area contributed by atoms with E-state index in [0.29, 0.717) is 22.3 Å². The van der Waals surface area contributed by atoms with Crippen molar-refractivity contribution in [2.45, 2.75) is 6.92 Å². The molecule has 3 rings (SSSR count). The first kappa shape index (κ1) is 16.5. The Morgan fingerprint density at radius 2 is 1.88 bits per heavy atom. The Hall–Kier alpha value is -2.31. The number of ether oxygens (including phenoxy) is 1. The summed E-state index contributed by atoms with van der Waals surface area (Å²) in [6.45, 7) is 1.90. The minimum Gasteiger partial charge on any atom is -0.437 e. The Bertz CT molecular complexity index is 871. The maximum atomic E-state index is 6.13. The van der Waals surface area contributed by atoms with Gasteiger partial charge in [-0.2, -0.15) is 4.98 Å². The summed E-state index contributed by atoms with van der Waals surface area (Å²) in [7, 11) is 0. The van der Waals surface area contributed by atoms with Gasteiger partial charge in [0.15, 0.2) is 5.82 Å². The molecule has 3 aromatic rings. The lowest BCUT2D eigenvalue weighted by Gasteiger charge is -2.12. The molecule has 24 heavy (non-hydrogen) atoms. The molecular weight excluding hydrogens is 392 g/mol. The molecule has 7 heteroatoms. The smallest absolute Gasteiger partial charge is 0.248 e. The van der Waals surface area contributed by atoms with Crippen molar-refractivity contribution < 1.29 is 4.74 Å². The number of nitrogen functional groups attached to an aromatic ring is 1. The van der Waals surface area contributed by atoms with Gasteiger partial charge in [-0.15, -0.1) is 0 Å². The zero-order valence-corrected chi connectivity index (χ0v) is 15.1. The molecule has 0 saturated heterocycles. The van der Waals surface area contributed by atoms with E-state index in [1.165, 1.54) is 6.33 Å². The molecule has 0 fully saturated rings. The van der Waals surface area contributed by atoms with E-state index >= 15 is 0 Å². The average Bonchev–Trinajstić information content (AvgIpc) is 2.57. The first-order valence-electron chi connectivity index (χ1n) is 7.10. The van der Waals surface area contributed by atoms with Crippen LogP contribution in [0.5, 0.6) is 11.6 Å². The highest BCUT2D eigenvalue weighted by Gasteiger charge is 2.11. The highest BCUT2D eigenvalue weighted by atomic mass is 79.9. The monoisotopic (exact) mass is 404 g/mol. The standard InChI is InChI=1S/C17H14BrClN4O/c1-10-8-13(6-7-14(10)19)24-17-15(20)16(21-9-22-17)23-12-4-2-11(18)3-5-12/h2-9H,20H2,1H3,(H,21,22,23). The SMILES string of the molecule is Cc1cc(Oc2ncnc(Nc3ccc(Br)cc3)c2N)ccc1Cl. The number of aromatic nitrogens is 2. The lowest BCUT2D eigenvalue weighted by molar-refractivity contribution is 0.464. The van der Waals surface area contributed by atoms with E-state index in [4.69, 9.17) is 22.1 Å². The Morgan fingerprint density at radius 1 is 1.12 bits per heavy atom. The van der Waals surface area contributed by atoms with E-state index in [2.05, 4.69) is 31.2 Å². The maximum Gasteiger partial charge on any atom is 0.248 e. The van der Waals surface area contributed by atoms with Gasteiger partial charge in [0.25, 0.3) is 0 Å². The van der Waals surface area contributed by atoms with Gasteiger partial charge in [0.1, 0.15) is 17.8 Å². The molecule has 0 atom stereocenters. The van der Waals surface area contributed by atoms with Gasteiger partial charge in [0.2, 0.25) is 5.88 Å². The fraction of sp³-hybridized carbons (Fsp3) is 0.0588. The summed E-state index contributed by atoms with van der Waals surface area (Å²) in [6, 6.07) is 13.0. The fourth-order valence-corrected chi connectivity index (χ4v) is 2.40.